The van der Waals surface area contributed by atoms with Crippen LogP contribution in [-0.4, -0.2) is 35.5 Å². The van der Waals surface area contributed by atoms with Gasteiger partial charge >= 0.3 is 0 Å². The van der Waals surface area contributed by atoms with Crippen molar-refractivity contribution in [2.45, 2.75) is 53.7 Å². The number of ketones is 1. The van der Waals surface area contributed by atoms with Gasteiger partial charge in [0, 0.05) is 18.7 Å². The molecule has 1 aromatic rings. The number of hydrogen-bond acceptors (Lipinski definition) is 3. The maximum absolute atomic E-state index is 11.8. The molecule has 0 saturated heterocycles. The molecule has 0 aliphatic carbocycles. The average molecular weight is 277 g/mol. The highest BCUT2D eigenvalue weighted by Crippen LogP contribution is 2.24. The lowest BCUT2D eigenvalue weighted by Crippen LogP contribution is -2.23. The fraction of sp³-hybridized carbons (Fsp3) is 0.588. The SMILES string of the molecule is CC(=O)c1c(C)cc(C)c(CN(C)CCC(C)O)c1C. The van der Waals surface area contributed by atoms with Gasteiger partial charge in [-0.15, -0.1) is 0 Å². The molecule has 0 bridgehead atoms. The maximum atomic E-state index is 11.8. The van der Waals surface area contributed by atoms with E-state index >= 15 is 0 Å². The van der Waals surface area contributed by atoms with Gasteiger partial charge in [-0.1, -0.05) is 6.07 Å². The van der Waals surface area contributed by atoms with Crippen LogP contribution in [0.5, 0.6) is 0 Å². The van der Waals surface area contributed by atoms with Crippen LogP contribution in [0.1, 0.15) is 52.9 Å². The Balaban J connectivity index is 3.00. The van der Waals surface area contributed by atoms with E-state index < -0.39 is 0 Å². The number of aliphatic hydroxyl groups excluding tert-OH is 1. The van der Waals surface area contributed by atoms with Gasteiger partial charge in [0.05, 0.1) is 6.10 Å². The molecule has 1 aromatic carbocycles. The lowest BCUT2D eigenvalue weighted by atomic mass is 9.91. The Morgan fingerprint density at radius 2 is 1.90 bits per heavy atom. The average Bonchev–Trinajstić information content (AvgIpc) is 2.31. The largest absolute Gasteiger partial charge is 0.393 e. The predicted molar refractivity (Wildman–Crippen MR) is 83.3 cm³/mol. The summed E-state index contributed by atoms with van der Waals surface area (Å²) in [6.07, 6.45) is 0.491. The summed E-state index contributed by atoms with van der Waals surface area (Å²) in [6.45, 7) is 11.2. The fourth-order valence-corrected chi connectivity index (χ4v) is 2.77. The van der Waals surface area contributed by atoms with Gasteiger partial charge in [-0.2, -0.15) is 0 Å². The minimum atomic E-state index is -0.273. The van der Waals surface area contributed by atoms with Gasteiger partial charge in [-0.25, -0.2) is 0 Å². The molecule has 0 radical (unpaired) electrons. The molecule has 0 aliphatic heterocycles. The second kappa shape index (κ2) is 7.00. The molecule has 0 heterocycles. The molecule has 0 amide bonds. The van der Waals surface area contributed by atoms with Crippen molar-refractivity contribution in [3.05, 3.63) is 33.9 Å². The molecule has 3 nitrogen and oxygen atoms in total. The maximum Gasteiger partial charge on any atom is 0.160 e. The van der Waals surface area contributed by atoms with Crippen molar-refractivity contribution in [1.82, 2.24) is 4.90 Å². The molecule has 1 unspecified atom stereocenters. The Kier molecular flexibility index (Phi) is 5.90. The Morgan fingerprint density at radius 1 is 1.30 bits per heavy atom. The number of benzene rings is 1. The Morgan fingerprint density at radius 3 is 2.40 bits per heavy atom. The number of nitrogens with zero attached hydrogens (tertiary/aromatic N) is 1. The van der Waals surface area contributed by atoms with Crippen LogP contribution in [0.4, 0.5) is 0 Å². The first-order valence-corrected chi connectivity index (χ1v) is 7.21. The van der Waals surface area contributed by atoms with Crippen molar-refractivity contribution in [3.63, 3.8) is 0 Å². The number of aryl methyl sites for hydroxylation is 2. The van der Waals surface area contributed by atoms with Gasteiger partial charge in [0.25, 0.3) is 0 Å². The van der Waals surface area contributed by atoms with Crippen LogP contribution < -0.4 is 0 Å². The molecule has 1 rings (SSSR count). The number of hydrogen-bond donors (Lipinski definition) is 1. The first-order chi connectivity index (χ1) is 9.23. The molecule has 0 aliphatic rings. The van der Waals surface area contributed by atoms with Crippen molar-refractivity contribution in [3.8, 4) is 0 Å². The van der Waals surface area contributed by atoms with Crippen LogP contribution in [0.2, 0.25) is 0 Å². The van der Waals surface area contributed by atoms with E-state index in [1.54, 1.807) is 6.92 Å². The second-order valence-electron chi connectivity index (χ2n) is 5.92. The number of carbonyl (C=O) groups excluding carboxylic acids is 1. The van der Waals surface area contributed by atoms with E-state index in [1.807, 2.05) is 20.8 Å². The summed E-state index contributed by atoms with van der Waals surface area (Å²) in [7, 11) is 2.05. The van der Waals surface area contributed by atoms with Crippen molar-refractivity contribution in [2.24, 2.45) is 0 Å². The summed E-state index contributed by atoms with van der Waals surface area (Å²) >= 11 is 0. The highest BCUT2D eigenvalue weighted by Gasteiger charge is 2.15. The summed E-state index contributed by atoms with van der Waals surface area (Å²) in [5.41, 5.74) is 5.47. The normalized spacial score (nSPS) is 12.8. The van der Waals surface area contributed by atoms with Crippen LogP contribution in [-0.2, 0) is 6.54 Å². The molecule has 0 saturated carbocycles. The van der Waals surface area contributed by atoms with E-state index in [0.717, 1.165) is 36.2 Å². The lowest BCUT2D eigenvalue weighted by molar-refractivity contribution is 0.101. The Bertz CT molecular complexity index is 492. The molecule has 1 atom stereocenters. The third kappa shape index (κ3) is 4.15. The molecule has 0 fully saturated rings. The Hall–Kier alpha value is -1.19. The van der Waals surface area contributed by atoms with Crippen molar-refractivity contribution in [2.75, 3.05) is 13.6 Å². The van der Waals surface area contributed by atoms with Gasteiger partial charge < -0.3 is 10.0 Å². The van der Waals surface area contributed by atoms with Crippen LogP contribution in [0, 0.1) is 20.8 Å². The highest BCUT2D eigenvalue weighted by atomic mass is 16.3. The highest BCUT2D eigenvalue weighted by molar-refractivity contribution is 5.97. The van der Waals surface area contributed by atoms with Crippen LogP contribution in [0.25, 0.3) is 0 Å². The Labute approximate surface area is 122 Å². The number of rotatable bonds is 6. The molecule has 112 valence electrons. The topological polar surface area (TPSA) is 40.5 Å². The van der Waals surface area contributed by atoms with Crippen molar-refractivity contribution < 1.29 is 9.90 Å². The zero-order valence-corrected chi connectivity index (χ0v) is 13.6. The summed E-state index contributed by atoms with van der Waals surface area (Å²) in [5, 5.41) is 9.36. The summed E-state index contributed by atoms with van der Waals surface area (Å²) < 4.78 is 0. The van der Waals surface area contributed by atoms with Gasteiger partial charge in [-0.05, 0) is 70.3 Å². The van der Waals surface area contributed by atoms with Gasteiger partial charge in [0.2, 0.25) is 0 Å². The minimum absolute atomic E-state index is 0.132. The van der Waals surface area contributed by atoms with E-state index in [1.165, 1.54) is 11.1 Å². The van der Waals surface area contributed by atoms with Gasteiger partial charge in [-0.3, -0.25) is 4.79 Å². The lowest BCUT2D eigenvalue weighted by Gasteiger charge is -2.22. The van der Waals surface area contributed by atoms with Gasteiger partial charge in [0.1, 0.15) is 0 Å². The van der Waals surface area contributed by atoms with Crippen molar-refractivity contribution >= 4 is 5.78 Å². The quantitative estimate of drug-likeness (QED) is 0.813. The van der Waals surface area contributed by atoms with Gasteiger partial charge in [0.15, 0.2) is 5.78 Å². The third-order valence-corrected chi connectivity index (χ3v) is 3.84. The van der Waals surface area contributed by atoms with Crippen LogP contribution >= 0.6 is 0 Å². The molecular weight excluding hydrogens is 250 g/mol. The van der Waals surface area contributed by atoms with Crippen LogP contribution in [0.15, 0.2) is 6.07 Å². The molecular formula is C17H27NO2. The minimum Gasteiger partial charge on any atom is -0.393 e. The zero-order valence-electron chi connectivity index (χ0n) is 13.6. The van der Waals surface area contributed by atoms with E-state index in [9.17, 15) is 9.90 Å². The molecule has 0 aromatic heterocycles. The standard InChI is InChI=1S/C17H27NO2/c1-11-9-12(2)17(15(5)20)14(4)16(11)10-18(6)8-7-13(3)19/h9,13,19H,7-8,10H2,1-6H3. The zero-order chi connectivity index (χ0) is 15.4. The summed E-state index contributed by atoms with van der Waals surface area (Å²) in [6, 6.07) is 2.10. The van der Waals surface area contributed by atoms with E-state index in [0.29, 0.717) is 0 Å². The first-order valence-electron chi connectivity index (χ1n) is 7.21. The van der Waals surface area contributed by atoms with Crippen molar-refractivity contribution in [1.29, 1.82) is 0 Å². The second-order valence-corrected chi connectivity index (χ2v) is 5.92. The summed E-state index contributed by atoms with van der Waals surface area (Å²) in [5.74, 6) is 0.132. The summed E-state index contributed by atoms with van der Waals surface area (Å²) in [4.78, 5) is 14.0. The molecule has 3 heteroatoms. The van der Waals surface area contributed by atoms with E-state index in [-0.39, 0.29) is 11.9 Å². The molecule has 0 spiro atoms. The third-order valence-electron chi connectivity index (χ3n) is 3.84. The smallest absolute Gasteiger partial charge is 0.160 e. The number of Topliss-reactive ketones (excluding diaryl/α,β-unsaturated/α-hetero) is 1. The number of carbonyl (C=O) groups is 1. The fourth-order valence-electron chi connectivity index (χ4n) is 2.77. The van der Waals surface area contributed by atoms with E-state index in [2.05, 4.69) is 24.9 Å². The molecule has 1 N–H and O–H groups in total. The predicted octanol–water partition coefficient (Wildman–Crippen LogP) is 3.02. The monoisotopic (exact) mass is 277 g/mol. The van der Waals surface area contributed by atoms with Crippen LogP contribution in [0.3, 0.4) is 0 Å². The van der Waals surface area contributed by atoms with E-state index in [4.69, 9.17) is 0 Å². The number of aliphatic hydroxyl groups is 1. The molecule has 20 heavy (non-hydrogen) atoms. The first kappa shape index (κ1) is 16.9.